The van der Waals surface area contributed by atoms with Gasteiger partial charge in [-0.1, -0.05) is 60.7 Å². The van der Waals surface area contributed by atoms with Crippen molar-refractivity contribution in [1.29, 1.82) is 0 Å². The maximum absolute atomic E-state index is 11.6. The summed E-state index contributed by atoms with van der Waals surface area (Å²) in [4.78, 5) is 13.4. The number of nitro groups is 1. The Balaban J connectivity index is 1.89. The van der Waals surface area contributed by atoms with Crippen molar-refractivity contribution in [3.05, 3.63) is 99.9 Å². The highest BCUT2D eigenvalue weighted by Gasteiger charge is 2.38. The molecule has 0 fully saturated rings. The van der Waals surface area contributed by atoms with Gasteiger partial charge in [-0.3, -0.25) is 10.1 Å². The van der Waals surface area contributed by atoms with Crippen LogP contribution in [0.15, 0.2) is 84.2 Å². The van der Waals surface area contributed by atoms with Crippen LogP contribution in [0.25, 0.3) is 10.8 Å². The SMILES string of the molecule is CC1=C([N+](=O)[O-])CC(c2cccc3ccccc23)N1c1ccccc1. The summed E-state index contributed by atoms with van der Waals surface area (Å²) >= 11 is 0. The molecule has 25 heavy (non-hydrogen) atoms. The Kier molecular flexibility index (Phi) is 3.73. The quantitative estimate of drug-likeness (QED) is 0.483. The Bertz CT molecular complexity index is 974. The molecule has 1 unspecified atom stereocenters. The van der Waals surface area contributed by atoms with E-state index in [4.69, 9.17) is 0 Å². The topological polar surface area (TPSA) is 46.4 Å². The van der Waals surface area contributed by atoms with Gasteiger partial charge in [0.05, 0.1) is 23.1 Å². The molecular weight excluding hydrogens is 312 g/mol. The number of para-hydroxylation sites is 1. The number of anilines is 1. The van der Waals surface area contributed by atoms with E-state index in [1.165, 1.54) is 0 Å². The van der Waals surface area contributed by atoms with E-state index in [2.05, 4.69) is 29.2 Å². The van der Waals surface area contributed by atoms with Crippen LogP contribution in [0.2, 0.25) is 0 Å². The fraction of sp³-hybridized carbons (Fsp3) is 0.143. The van der Waals surface area contributed by atoms with Crippen molar-refractivity contribution in [3.63, 3.8) is 0 Å². The molecule has 124 valence electrons. The van der Waals surface area contributed by atoms with Crippen LogP contribution >= 0.6 is 0 Å². The molecule has 0 bridgehead atoms. The molecule has 1 aliphatic heterocycles. The summed E-state index contributed by atoms with van der Waals surface area (Å²) in [6.07, 6.45) is 0.404. The lowest BCUT2D eigenvalue weighted by molar-refractivity contribution is -0.428. The third-order valence-electron chi connectivity index (χ3n) is 4.91. The first-order valence-electron chi connectivity index (χ1n) is 8.33. The molecule has 0 amide bonds. The van der Waals surface area contributed by atoms with Crippen molar-refractivity contribution < 1.29 is 4.92 Å². The third-order valence-corrected chi connectivity index (χ3v) is 4.91. The van der Waals surface area contributed by atoms with Crippen LogP contribution in [0.1, 0.15) is 24.9 Å². The fourth-order valence-corrected chi connectivity index (χ4v) is 3.75. The molecule has 0 radical (unpaired) electrons. The molecule has 0 aliphatic carbocycles. The molecule has 4 heteroatoms. The Hall–Kier alpha value is -3.14. The van der Waals surface area contributed by atoms with Crippen molar-refractivity contribution in [2.75, 3.05) is 4.90 Å². The molecule has 0 saturated carbocycles. The minimum atomic E-state index is -0.240. The second-order valence-electron chi connectivity index (χ2n) is 6.28. The van der Waals surface area contributed by atoms with Gasteiger partial charge in [-0.2, -0.15) is 0 Å². The van der Waals surface area contributed by atoms with E-state index < -0.39 is 0 Å². The van der Waals surface area contributed by atoms with Crippen molar-refractivity contribution in [2.24, 2.45) is 0 Å². The summed E-state index contributed by atoms with van der Waals surface area (Å²) in [6, 6.07) is 24.2. The number of nitrogens with zero attached hydrogens (tertiary/aromatic N) is 2. The van der Waals surface area contributed by atoms with E-state index in [-0.39, 0.29) is 11.0 Å². The largest absolute Gasteiger partial charge is 0.332 e. The van der Waals surface area contributed by atoms with Crippen LogP contribution in [0.4, 0.5) is 5.69 Å². The summed E-state index contributed by atoms with van der Waals surface area (Å²) < 4.78 is 0. The first-order valence-corrected chi connectivity index (χ1v) is 8.33. The smallest absolute Gasteiger partial charge is 0.267 e. The highest BCUT2D eigenvalue weighted by Crippen LogP contribution is 2.44. The highest BCUT2D eigenvalue weighted by atomic mass is 16.6. The second kappa shape index (κ2) is 6.06. The van der Waals surface area contributed by atoms with Gasteiger partial charge in [-0.25, -0.2) is 0 Å². The van der Waals surface area contributed by atoms with Gasteiger partial charge in [0.2, 0.25) is 0 Å². The van der Waals surface area contributed by atoms with Crippen LogP contribution in [0, 0.1) is 10.1 Å². The van der Waals surface area contributed by atoms with Gasteiger partial charge < -0.3 is 4.90 Å². The van der Waals surface area contributed by atoms with E-state index >= 15 is 0 Å². The average molecular weight is 330 g/mol. The normalized spacial score (nSPS) is 17.3. The third kappa shape index (κ3) is 2.56. The van der Waals surface area contributed by atoms with Gasteiger partial charge in [0.15, 0.2) is 0 Å². The van der Waals surface area contributed by atoms with Gasteiger partial charge in [-0.05, 0) is 35.4 Å². The molecule has 1 atom stereocenters. The zero-order valence-corrected chi connectivity index (χ0v) is 13.9. The van der Waals surface area contributed by atoms with Crippen LogP contribution in [0.3, 0.4) is 0 Å². The van der Waals surface area contributed by atoms with E-state index in [0.717, 1.165) is 22.0 Å². The number of hydrogen-bond donors (Lipinski definition) is 0. The summed E-state index contributed by atoms with van der Waals surface area (Å²) in [6.45, 7) is 1.84. The molecule has 4 rings (SSSR count). The minimum absolute atomic E-state index is 0.0751. The monoisotopic (exact) mass is 330 g/mol. The van der Waals surface area contributed by atoms with Gasteiger partial charge in [-0.15, -0.1) is 0 Å². The molecule has 0 spiro atoms. The summed E-state index contributed by atoms with van der Waals surface area (Å²) in [7, 11) is 0. The summed E-state index contributed by atoms with van der Waals surface area (Å²) in [5.41, 5.74) is 3.11. The zero-order valence-electron chi connectivity index (χ0n) is 13.9. The number of fused-ring (bicyclic) bond motifs is 1. The molecule has 4 nitrogen and oxygen atoms in total. The maximum Gasteiger partial charge on any atom is 0.267 e. The predicted octanol–water partition coefficient (Wildman–Crippen LogP) is 5.30. The van der Waals surface area contributed by atoms with Crippen LogP contribution in [0.5, 0.6) is 0 Å². The van der Waals surface area contributed by atoms with Crippen molar-refractivity contribution in [2.45, 2.75) is 19.4 Å². The molecule has 3 aromatic carbocycles. The van der Waals surface area contributed by atoms with Gasteiger partial charge in [0, 0.05) is 5.69 Å². The number of allylic oxidation sites excluding steroid dienone is 1. The molecule has 1 aliphatic rings. The van der Waals surface area contributed by atoms with E-state index in [9.17, 15) is 10.1 Å². The van der Waals surface area contributed by atoms with Gasteiger partial charge >= 0.3 is 0 Å². The Morgan fingerprint density at radius 2 is 1.64 bits per heavy atom. The number of benzene rings is 3. The maximum atomic E-state index is 11.6. The lowest BCUT2D eigenvalue weighted by Gasteiger charge is -2.28. The summed E-state index contributed by atoms with van der Waals surface area (Å²) in [5.74, 6) is 0. The van der Waals surface area contributed by atoms with E-state index in [1.807, 2.05) is 55.5 Å². The van der Waals surface area contributed by atoms with Gasteiger partial charge in [0.1, 0.15) is 0 Å². The second-order valence-corrected chi connectivity index (χ2v) is 6.28. The minimum Gasteiger partial charge on any atom is -0.332 e. The molecule has 0 aromatic heterocycles. The van der Waals surface area contributed by atoms with Crippen LogP contribution < -0.4 is 4.90 Å². The molecule has 0 N–H and O–H groups in total. The Morgan fingerprint density at radius 3 is 2.40 bits per heavy atom. The van der Waals surface area contributed by atoms with Gasteiger partial charge in [0.25, 0.3) is 5.70 Å². The van der Waals surface area contributed by atoms with Crippen molar-refractivity contribution in [1.82, 2.24) is 0 Å². The molecule has 1 heterocycles. The Labute approximate surface area is 146 Å². The van der Waals surface area contributed by atoms with Crippen molar-refractivity contribution in [3.8, 4) is 0 Å². The highest BCUT2D eigenvalue weighted by molar-refractivity contribution is 5.87. The predicted molar refractivity (Wildman–Crippen MR) is 99.9 cm³/mol. The number of rotatable bonds is 3. The zero-order chi connectivity index (χ0) is 17.4. The average Bonchev–Trinajstić information content (AvgIpc) is 2.99. The van der Waals surface area contributed by atoms with E-state index in [0.29, 0.717) is 17.8 Å². The molecular formula is C21H18N2O2. The Morgan fingerprint density at radius 1 is 0.960 bits per heavy atom. The van der Waals surface area contributed by atoms with Crippen LogP contribution in [-0.4, -0.2) is 4.92 Å². The first-order chi connectivity index (χ1) is 12.2. The molecule has 3 aromatic rings. The first kappa shape index (κ1) is 15.4. The molecule has 0 saturated heterocycles. The van der Waals surface area contributed by atoms with Crippen molar-refractivity contribution >= 4 is 16.5 Å². The van der Waals surface area contributed by atoms with Crippen LogP contribution in [-0.2, 0) is 0 Å². The summed E-state index contributed by atoms with van der Waals surface area (Å²) in [5, 5.41) is 13.8. The lowest BCUT2D eigenvalue weighted by Crippen LogP contribution is -2.22. The standard InChI is InChI=1S/C21H18N2O2/c1-15-20(23(24)25)14-21(22(15)17-10-3-2-4-11-17)19-13-7-9-16-8-5-6-12-18(16)19/h2-13,21H,14H2,1H3. The fourth-order valence-electron chi connectivity index (χ4n) is 3.75. The lowest BCUT2D eigenvalue weighted by atomic mass is 9.96. The number of hydrogen-bond acceptors (Lipinski definition) is 3. The van der Waals surface area contributed by atoms with E-state index in [1.54, 1.807) is 0 Å².